The number of para-hydroxylation sites is 1. The summed E-state index contributed by atoms with van der Waals surface area (Å²) in [6.45, 7) is 3.89. The molecule has 0 radical (unpaired) electrons. The van der Waals surface area contributed by atoms with Crippen molar-refractivity contribution in [3.8, 4) is 10.6 Å². The summed E-state index contributed by atoms with van der Waals surface area (Å²) in [6, 6.07) is 13.5. The van der Waals surface area contributed by atoms with Crippen molar-refractivity contribution >= 4 is 33.9 Å². The van der Waals surface area contributed by atoms with E-state index in [1.807, 2.05) is 61.7 Å². The summed E-state index contributed by atoms with van der Waals surface area (Å²) in [5.74, 6) is -0.214. The molecule has 0 unspecified atom stereocenters. The first-order valence-electron chi connectivity index (χ1n) is 7.46. The van der Waals surface area contributed by atoms with Gasteiger partial charge in [0.1, 0.15) is 0 Å². The van der Waals surface area contributed by atoms with Crippen LogP contribution in [0.1, 0.15) is 30.6 Å². The van der Waals surface area contributed by atoms with E-state index in [0.717, 1.165) is 33.6 Å². The minimum Gasteiger partial charge on any atom is -0.267 e. The SMILES string of the molecule is CCC(C)=NNC(=O)c1cc(-c2cccs2)nc2ccccc12. The predicted octanol–water partition coefficient (Wildman–Crippen LogP) is 4.48. The van der Waals surface area contributed by atoms with Crippen molar-refractivity contribution in [2.45, 2.75) is 20.3 Å². The highest BCUT2D eigenvalue weighted by atomic mass is 32.1. The normalized spacial score (nSPS) is 11.7. The number of hydrogen-bond acceptors (Lipinski definition) is 4. The molecule has 116 valence electrons. The van der Waals surface area contributed by atoms with E-state index < -0.39 is 0 Å². The van der Waals surface area contributed by atoms with Gasteiger partial charge in [-0.25, -0.2) is 10.4 Å². The van der Waals surface area contributed by atoms with Gasteiger partial charge in [-0.3, -0.25) is 4.79 Å². The lowest BCUT2D eigenvalue weighted by Gasteiger charge is -2.08. The number of aromatic nitrogens is 1. The molecule has 3 rings (SSSR count). The monoisotopic (exact) mass is 323 g/mol. The average molecular weight is 323 g/mol. The molecular weight excluding hydrogens is 306 g/mol. The molecule has 0 fully saturated rings. The summed E-state index contributed by atoms with van der Waals surface area (Å²) in [5.41, 5.74) is 5.72. The number of amides is 1. The first-order valence-corrected chi connectivity index (χ1v) is 8.34. The van der Waals surface area contributed by atoms with E-state index >= 15 is 0 Å². The van der Waals surface area contributed by atoms with Crippen LogP contribution in [0, 0.1) is 0 Å². The van der Waals surface area contributed by atoms with Gasteiger partial charge in [-0.05, 0) is 36.9 Å². The molecule has 1 amide bonds. The van der Waals surface area contributed by atoms with Gasteiger partial charge in [-0.15, -0.1) is 11.3 Å². The molecule has 23 heavy (non-hydrogen) atoms. The summed E-state index contributed by atoms with van der Waals surface area (Å²) in [6.07, 6.45) is 0.803. The third-order valence-electron chi connectivity index (χ3n) is 3.59. The zero-order chi connectivity index (χ0) is 16.2. The number of fused-ring (bicyclic) bond motifs is 1. The number of hydrogen-bond donors (Lipinski definition) is 1. The maximum atomic E-state index is 12.6. The molecule has 0 aliphatic rings. The standard InChI is InChI=1S/C18H17N3OS/c1-3-12(2)20-21-18(22)14-11-16(17-9-6-10-23-17)19-15-8-5-4-7-13(14)15/h4-11H,3H2,1-2H3,(H,21,22). The molecule has 0 saturated carbocycles. The van der Waals surface area contributed by atoms with Crippen LogP contribution in [0.5, 0.6) is 0 Å². The Labute approximate surface area is 138 Å². The highest BCUT2D eigenvalue weighted by Gasteiger charge is 2.14. The van der Waals surface area contributed by atoms with Gasteiger partial charge in [0.05, 0.1) is 21.7 Å². The van der Waals surface area contributed by atoms with Crippen LogP contribution in [0.2, 0.25) is 0 Å². The second-order valence-corrected chi connectivity index (χ2v) is 6.14. The van der Waals surface area contributed by atoms with Gasteiger partial charge in [-0.1, -0.05) is 31.2 Å². The largest absolute Gasteiger partial charge is 0.272 e. The topological polar surface area (TPSA) is 54.4 Å². The molecule has 5 heteroatoms. The number of carbonyl (C=O) groups excluding carboxylic acids is 1. The Morgan fingerprint density at radius 2 is 2.09 bits per heavy atom. The van der Waals surface area contributed by atoms with E-state index in [1.54, 1.807) is 11.3 Å². The molecule has 0 atom stereocenters. The molecule has 1 aromatic carbocycles. The van der Waals surface area contributed by atoms with Crippen molar-refractivity contribution in [3.63, 3.8) is 0 Å². The molecular formula is C18H17N3OS. The number of carbonyl (C=O) groups is 1. The zero-order valence-electron chi connectivity index (χ0n) is 13.0. The predicted molar refractivity (Wildman–Crippen MR) is 95.9 cm³/mol. The Balaban J connectivity index is 2.09. The van der Waals surface area contributed by atoms with Crippen molar-refractivity contribution in [3.05, 3.63) is 53.4 Å². The number of thiophene rings is 1. The highest BCUT2D eigenvalue weighted by Crippen LogP contribution is 2.27. The molecule has 2 heterocycles. The Bertz CT molecular complexity index is 869. The highest BCUT2D eigenvalue weighted by molar-refractivity contribution is 7.13. The van der Waals surface area contributed by atoms with Gasteiger partial charge in [0.2, 0.25) is 0 Å². The first kappa shape index (κ1) is 15.4. The van der Waals surface area contributed by atoms with E-state index in [1.165, 1.54) is 0 Å². The Kier molecular flexibility index (Phi) is 4.48. The van der Waals surface area contributed by atoms with Crippen molar-refractivity contribution in [2.24, 2.45) is 5.10 Å². The fourth-order valence-corrected chi connectivity index (χ4v) is 2.89. The summed E-state index contributed by atoms with van der Waals surface area (Å²) >= 11 is 1.61. The van der Waals surface area contributed by atoms with Crippen LogP contribution in [0.4, 0.5) is 0 Å². The molecule has 0 bridgehead atoms. The van der Waals surface area contributed by atoms with Gasteiger partial charge in [-0.2, -0.15) is 5.10 Å². The van der Waals surface area contributed by atoms with Crippen molar-refractivity contribution in [2.75, 3.05) is 0 Å². The maximum absolute atomic E-state index is 12.6. The van der Waals surface area contributed by atoms with E-state index in [-0.39, 0.29) is 5.91 Å². The van der Waals surface area contributed by atoms with Gasteiger partial charge in [0, 0.05) is 11.1 Å². The number of rotatable bonds is 4. The number of benzene rings is 1. The molecule has 1 N–H and O–H groups in total. The van der Waals surface area contributed by atoms with Crippen molar-refractivity contribution < 1.29 is 4.79 Å². The molecule has 0 saturated heterocycles. The number of pyridine rings is 1. The molecule has 0 aliphatic carbocycles. The molecule has 0 aliphatic heterocycles. The van der Waals surface area contributed by atoms with Crippen molar-refractivity contribution in [1.82, 2.24) is 10.4 Å². The third kappa shape index (κ3) is 3.29. The number of nitrogens with one attached hydrogen (secondary N) is 1. The zero-order valence-corrected chi connectivity index (χ0v) is 13.9. The summed E-state index contributed by atoms with van der Waals surface area (Å²) in [4.78, 5) is 18.3. The Morgan fingerprint density at radius 1 is 1.26 bits per heavy atom. The minimum atomic E-state index is -0.214. The van der Waals surface area contributed by atoms with Crippen LogP contribution in [0.15, 0.2) is 52.9 Å². The fourth-order valence-electron chi connectivity index (χ4n) is 2.20. The second kappa shape index (κ2) is 6.71. The van der Waals surface area contributed by atoms with Crippen LogP contribution in [0.25, 0.3) is 21.5 Å². The quantitative estimate of drug-likeness (QED) is 0.568. The van der Waals surface area contributed by atoms with Crippen LogP contribution >= 0.6 is 11.3 Å². The molecule has 2 aromatic heterocycles. The van der Waals surface area contributed by atoms with E-state index in [0.29, 0.717) is 5.56 Å². The number of hydrazone groups is 1. The lowest BCUT2D eigenvalue weighted by Crippen LogP contribution is -2.19. The lowest BCUT2D eigenvalue weighted by atomic mass is 10.1. The van der Waals surface area contributed by atoms with Gasteiger partial charge >= 0.3 is 0 Å². The van der Waals surface area contributed by atoms with Crippen LogP contribution in [-0.4, -0.2) is 16.6 Å². The smallest absolute Gasteiger partial charge is 0.267 e. The summed E-state index contributed by atoms with van der Waals surface area (Å²) in [5, 5.41) is 6.95. The average Bonchev–Trinajstić information content (AvgIpc) is 3.13. The molecule has 3 aromatic rings. The van der Waals surface area contributed by atoms with Crippen LogP contribution < -0.4 is 5.43 Å². The van der Waals surface area contributed by atoms with Gasteiger partial charge < -0.3 is 0 Å². The fraction of sp³-hybridized carbons (Fsp3) is 0.167. The van der Waals surface area contributed by atoms with Gasteiger partial charge in [0.15, 0.2) is 0 Å². The summed E-state index contributed by atoms with van der Waals surface area (Å²) < 4.78 is 0. The third-order valence-corrected chi connectivity index (χ3v) is 4.49. The number of nitrogens with zero attached hydrogens (tertiary/aromatic N) is 2. The van der Waals surface area contributed by atoms with Crippen LogP contribution in [-0.2, 0) is 0 Å². The first-order chi connectivity index (χ1) is 11.2. The van der Waals surface area contributed by atoms with E-state index in [2.05, 4.69) is 15.5 Å². The summed E-state index contributed by atoms with van der Waals surface area (Å²) in [7, 11) is 0. The maximum Gasteiger partial charge on any atom is 0.272 e. The Hall–Kier alpha value is -2.53. The van der Waals surface area contributed by atoms with Crippen LogP contribution in [0.3, 0.4) is 0 Å². The van der Waals surface area contributed by atoms with Gasteiger partial charge in [0.25, 0.3) is 5.91 Å². The van der Waals surface area contributed by atoms with E-state index in [4.69, 9.17) is 0 Å². The van der Waals surface area contributed by atoms with Crippen molar-refractivity contribution in [1.29, 1.82) is 0 Å². The molecule has 0 spiro atoms. The molecule has 4 nitrogen and oxygen atoms in total. The second-order valence-electron chi connectivity index (χ2n) is 5.19. The minimum absolute atomic E-state index is 0.214. The Morgan fingerprint density at radius 3 is 2.83 bits per heavy atom. The lowest BCUT2D eigenvalue weighted by molar-refractivity contribution is 0.0956. The van der Waals surface area contributed by atoms with E-state index in [9.17, 15) is 4.79 Å².